The Kier molecular flexibility index (Phi) is 7.02. The molecule has 0 spiro atoms. The Labute approximate surface area is 206 Å². The van der Waals surface area contributed by atoms with Gasteiger partial charge in [0.15, 0.2) is 5.58 Å². The summed E-state index contributed by atoms with van der Waals surface area (Å²) < 4.78 is 11.4. The Morgan fingerprint density at radius 1 is 1.30 bits per heavy atom. The summed E-state index contributed by atoms with van der Waals surface area (Å²) >= 11 is 13.0. The zero-order valence-electron chi connectivity index (χ0n) is 18.3. The third kappa shape index (κ3) is 5.37. The van der Waals surface area contributed by atoms with Crippen molar-refractivity contribution in [1.82, 2.24) is 10.4 Å². The Hall–Kier alpha value is -2.48. The highest BCUT2D eigenvalue weighted by Gasteiger charge is 2.60. The lowest BCUT2D eigenvalue weighted by Gasteiger charge is -2.08. The Morgan fingerprint density at radius 2 is 2.09 bits per heavy atom. The number of allylic oxidation sites excluding steroid dienone is 1. The Bertz CT molecular complexity index is 1200. The first-order valence-corrected chi connectivity index (χ1v) is 12.0. The van der Waals surface area contributed by atoms with Gasteiger partial charge in [-0.3, -0.25) is 4.79 Å². The topological polar surface area (TPSA) is 76.7 Å². The quantitative estimate of drug-likeness (QED) is 0.226. The fraction of sp³-hybridized carbons (Fsp3) is 0.292. The zero-order valence-corrected chi connectivity index (χ0v) is 20.7. The van der Waals surface area contributed by atoms with E-state index in [2.05, 4.69) is 15.5 Å². The molecule has 6 nitrogen and oxygen atoms in total. The van der Waals surface area contributed by atoms with Crippen LogP contribution in [-0.2, 0) is 10.5 Å². The average Bonchev–Trinajstić information content (AvgIpc) is 3.11. The molecule has 2 atom stereocenters. The number of ether oxygens (including phenoxy) is 1. The van der Waals surface area contributed by atoms with Gasteiger partial charge < -0.3 is 9.15 Å². The first kappa shape index (κ1) is 23.7. The smallest absolute Gasteiger partial charge is 0.257 e. The summed E-state index contributed by atoms with van der Waals surface area (Å²) in [5.41, 5.74) is 5.80. The van der Waals surface area contributed by atoms with Crippen molar-refractivity contribution in [2.75, 3.05) is 7.11 Å². The number of halogens is 2. The number of para-hydroxylation sites is 2. The number of rotatable bonds is 8. The molecule has 1 saturated carbocycles. The molecule has 172 valence electrons. The van der Waals surface area contributed by atoms with Crippen molar-refractivity contribution in [2.45, 2.75) is 24.8 Å². The van der Waals surface area contributed by atoms with E-state index in [4.69, 9.17) is 32.4 Å². The molecule has 9 heteroatoms. The molecular weight excluding hydrogens is 481 g/mol. The summed E-state index contributed by atoms with van der Waals surface area (Å²) in [6.45, 7) is 4.01. The lowest BCUT2D eigenvalue weighted by molar-refractivity contribution is -0.123. The normalized spacial score (nSPS) is 18.9. The maximum Gasteiger partial charge on any atom is 0.257 e. The summed E-state index contributed by atoms with van der Waals surface area (Å²) in [7, 11) is 1.63. The van der Waals surface area contributed by atoms with Crippen molar-refractivity contribution in [2.24, 2.45) is 22.4 Å². The lowest BCUT2D eigenvalue weighted by Crippen LogP contribution is -2.21. The molecule has 1 aromatic heterocycles. The lowest BCUT2D eigenvalue weighted by atomic mass is 10.1. The fourth-order valence-corrected chi connectivity index (χ4v) is 5.00. The first-order chi connectivity index (χ1) is 15.8. The van der Waals surface area contributed by atoms with E-state index in [1.165, 1.54) is 11.8 Å². The number of nitrogens with zero attached hydrogens (tertiary/aromatic N) is 2. The van der Waals surface area contributed by atoms with Gasteiger partial charge >= 0.3 is 0 Å². The van der Waals surface area contributed by atoms with Gasteiger partial charge in [0.05, 0.1) is 19.2 Å². The summed E-state index contributed by atoms with van der Waals surface area (Å²) in [5, 5.41) is 4.73. The summed E-state index contributed by atoms with van der Waals surface area (Å²) in [4.78, 5) is 17.0. The fourth-order valence-electron chi connectivity index (χ4n) is 3.91. The minimum atomic E-state index is -0.221. The predicted molar refractivity (Wildman–Crippen MR) is 133 cm³/mol. The number of aromatic nitrogens is 1. The van der Waals surface area contributed by atoms with Gasteiger partial charge in [-0.25, -0.2) is 10.4 Å². The van der Waals surface area contributed by atoms with E-state index in [-0.39, 0.29) is 27.6 Å². The van der Waals surface area contributed by atoms with Gasteiger partial charge in [0.25, 0.3) is 5.22 Å². The van der Waals surface area contributed by atoms with Gasteiger partial charge in [0, 0.05) is 11.3 Å². The van der Waals surface area contributed by atoms with Crippen molar-refractivity contribution in [3.63, 3.8) is 0 Å². The van der Waals surface area contributed by atoms with Crippen LogP contribution in [0.25, 0.3) is 11.1 Å². The van der Waals surface area contributed by atoms with E-state index in [0.29, 0.717) is 11.0 Å². The van der Waals surface area contributed by atoms with Gasteiger partial charge in [0.2, 0.25) is 5.91 Å². The Morgan fingerprint density at radius 3 is 2.82 bits per heavy atom. The second-order valence-corrected chi connectivity index (χ2v) is 10.3. The van der Waals surface area contributed by atoms with Gasteiger partial charge in [-0.15, -0.1) is 0 Å². The molecule has 33 heavy (non-hydrogen) atoms. The van der Waals surface area contributed by atoms with E-state index >= 15 is 0 Å². The molecule has 0 aliphatic heterocycles. The number of nitrogens with one attached hydrogen (secondary N) is 1. The molecular formula is C24H23Cl2N3O3S. The summed E-state index contributed by atoms with van der Waals surface area (Å²) in [6.07, 6.45) is 3.32. The van der Waals surface area contributed by atoms with Crippen LogP contribution in [0.4, 0.5) is 0 Å². The number of methoxy groups -OCH3 is 1. The van der Waals surface area contributed by atoms with E-state index in [1.54, 1.807) is 19.4 Å². The van der Waals surface area contributed by atoms with Crippen LogP contribution < -0.4 is 10.2 Å². The van der Waals surface area contributed by atoms with Gasteiger partial charge in [-0.05, 0) is 53.3 Å². The second kappa shape index (κ2) is 9.79. The molecule has 1 fully saturated rings. The number of hydrogen-bond acceptors (Lipinski definition) is 6. The predicted octanol–water partition coefficient (Wildman–Crippen LogP) is 6.17. The molecule has 1 amide bonds. The monoisotopic (exact) mass is 503 g/mol. The van der Waals surface area contributed by atoms with Gasteiger partial charge in [-0.1, -0.05) is 60.9 Å². The number of fused-ring (bicyclic) bond motifs is 1. The molecule has 0 radical (unpaired) electrons. The number of hydrazone groups is 1. The van der Waals surface area contributed by atoms with Crippen LogP contribution in [0.15, 0.2) is 67.8 Å². The second-order valence-electron chi connectivity index (χ2n) is 8.32. The van der Waals surface area contributed by atoms with Crippen LogP contribution in [0.2, 0.25) is 0 Å². The molecule has 2 aromatic carbocycles. The number of carbonyl (C=O) groups is 1. The molecule has 1 aliphatic rings. The standard InChI is InChI=1S/C24H23Cl2N3O3S/c1-24(2)16(11-20(25)26)21(24)22(30)29-27-12-14-8-9-18(31-3)15(10-14)13-33-23-28-17-6-4-5-7-19(17)32-23/h4-12,16,21H,13H2,1-3H3,(H,29,30)/b27-12-/t16-,21-/m1/s1. The van der Waals surface area contributed by atoms with Crippen molar-refractivity contribution in [3.8, 4) is 5.75 Å². The van der Waals surface area contributed by atoms with Crippen LogP contribution >= 0.6 is 35.0 Å². The van der Waals surface area contributed by atoms with E-state index in [0.717, 1.165) is 28.0 Å². The van der Waals surface area contributed by atoms with Crippen molar-refractivity contribution >= 4 is 58.2 Å². The molecule has 0 saturated heterocycles. The third-order valence-electron chi connectivity index (χ3n) is 5.82. The number of thioether (sulfide) groups is 1. The highest BCUT2D eigenvalue weighted by atomic mass is 35.5. The van der Waals surface area contributed by atoms with Gasteiger partial charge in [-0.2, -0.15) is 5.10 Å². The van der Waals surface area contributed by atoms with Crippen LogP contribution in [0.5, 0.6) is 5.75 Å². The molecule has 1 N–H and O–H groups in total. The highest BCUT2D eigenvalue weighted by Crippen LogP contribution is 2.59. The molecule has 1 heterocycles. The Balaban J connectivity index is 1.40. The molecule has 0 unspecified atom stereocenters. The van der Waals surface area contributed by atoms with Gasteiger partial charge in [0.1, 0.15) is 15.8 Å². The summed E-state index contributed by atoms with van der Waals surface area (Å²) in [5.74, 6) is 0.975. The number of hydrogen-bond donors (Lipinski definition) is 1. The molecule has 4 rings (SSSR count). The molecule has 1 aliphatic carbocycles. The van der Waals surface area contributed by atoms with Crippen LogP contribution in [0, 0.1) is 17.3 Å². The number of oxazole rings is 1. The largest absolute Gasteiger partial charge is 0.496 e. The number of benzene rings is 2. The number of amides is 1. The average molecular weight is 504 g/mol. The molecule has 0 bridgehead atoms. The zero-order chi connectivity index (χ0) is 23.6. The number of carbonyl (C=O) groups excluding carboxylic acids is 1. The SMILES string of the molecule is COc1ccc(/C=N\NC(=O)[C@H]2[C@@H](C=C(Cl)Cl)C2(C)C)cc1CSc1nc2ccccc2o1. The van der Waals surface area contributed by atoms with Crippen LogP contribution in [0.1, 0.15) is 25.0 Å². The van der Waals surface area contributed by atoms with E-state index < -0.39 is 0 Å². The minimum Gasteiger partial charge on any atom is -0.496 e. The maximum atomic E-state index is 12.5. The maximum absolute atomic E-state index is 12.5. The minimum absolute atomic E-state index is 0.00540. The first-order valence-electron chi connectivity index (χ1n) is 10.3. The molecule has 3 aromatic rings. The third-order valence-corrected chi connectivity index (χ3v) is 6.95. The van der Waals surface area contributed by atoms with E-state index in [9.17, 15) is 4.79 Å². The van der Waals surface area contributed by atoms with Crippen LogP contribution in [0.3, 0.4) is 0 Å². The van der Waals surface area contributed by atoms with Crippen molar-refractivity contribution < 1.29 is 13.9 Å². The highest BCUT2D eigenvalue weighted by molar-refractivity contribution is 7.98. The van der Waals surface area contributed by atoms with Crippen LogP contribution in [-0.4, -0.2) is 24.2 Å². The van der Waals surface area contributed by atoms with Crippen molar-refractivity contribution in [3.05, 3.63) is 64.2 Å². The summed E-state index contributed by atoms with van der Waals surface area (Å²) in [6, 6.07) is 13.4. The van der Waals surface area contributed by atoms with Crippen molar-refractivity contribution in [1.29, 1.82) is 0 Å². The van der Waals surface area contributed by atoms with E-state index in [1.807, 2.05) is 56.3 Å².